The number of halogens is 2. The van der Waals surface area contributed by atoms with Gasteiger partial charge in [0, 0.05) is 32.2 Å². The van der Waals surface area contributed by atoms with Crippen molar-refractivity contribution in [2.45, 2.75) is 19.1 Å². The van der Waals surface area contributed by atoms with Crippen molar-refractivity contribution in [3.05, 3.63) is 65.7 Å². The van der Waals surface area contributed by atoms with E-state index in [4.69, 9.17) is 4.74 Å². The van der Waals surface area contributed by atoms with E-state index in [1.54, 1.807) is 0 Å². The Labute approximate surface area is 168 Å². The van der Waals surface area contributed by atoms with Crippen molar-refractivity contribution in [3.63, 3.8) is 0 Å². The van der Waals surface area contributed by atoms with E-state index in [9.17, 15) is 5.26 Å². The summed E-state index contributed by atoms with van der Waals surface area (Å²) >= 11 is 0. The molecule has 3 rings (SSSR count). The molecule has 1 aliphatic heterocycles. The van der Waals surface area contributed by atoms with Crippen LogP contribution in [0.4, 0.5) is 0 Å². The number of ether oxygens (including phenoxy) is 1. The summed E-state index contributed by atoms with van der Waals surface area (Å²) in [6.07, 6.45) is 0.518. The van der Waals surface area contributed by atoms with Crippen LogP contribution in [0.3, 0.4) is 0 Å². The number of hydrogen-bond acceptors (Lipinski definition) is 4. The van der Waals surface area contributed by atoms with E-state index in [0.717, 1.165) is 37.5 Å². The molecule has 1 heterocycles. The van der Waals surface area contributed by atoms with Crippen LogP contribution in [-0.2, 0) is 6.61 Å². The maximum atomic E-state index is 9.18. The molecule has 1 fully saturated rings. The molecule has 2 aromatic carbocycles. The monoisotopic (exact) mass is 393 g/mol. The van der Waals surface area contributed by atoms with Crippen LogP contribution in [0.1, 0.15) is 23.6 Å². The molecule has 0 saturated carbocycles. The summed E-state index contributed by atoms with van der Waals surface area (Å²) in [6, 6.07) is 20.8. The van der Waals surface area contributed by atoms with Gasteiger partial charge in [-0.15, -0.1) is 24.8 Å². The van der Waals surface area contributed by atoms with Gasteiger partial charge in [-0.3, -0.25) is 4.90 Å². The predicted octanol–water partition coefficient (Wildman–Crippen LogP) is 3.97. The van der Waals surface area contributed by atoms with Gasteiger partial charge in [0.05, 0.1) is 12.5 Å². The van der Waals surface area contributed by atoms with E-state index in [2.05, 4.69) is 40.6 Å². The van der Waals surface area contributed by atoms with Crippen molar-refractivity contribution >= 4 is 24.8 Å². The standard InChI is InChI=1S/C20H23N3O.2ClH/c21-11-10-20(23-14-12-22-13-15-23)18-6-8-19(9-7-18)24-16-17-4-2-1-3-5-17;;/h1-9,20,22H,10,12-16H2;2*1H/t20-;;/m1../s1. The highest BCUT2D eigenvalue weighted by atomic mass is 35.5. The number of rotatable bonds is 6. The van der Waals surface area contributed by atoms with Crippen molar-refractivity contribution in [2.24, 2.45) is 0 Å². The zero-order valence-corrected chi connectivity index (χ0v) is 16.3. The van der Waals surface area contributed by atoms with Crippen molar-refractivity contribution in [1.29, 1.82) is 5.26 Å². The fourth-order valence-electron chi connectivity index (χ4n) is 3.07. The van der Waals surface area contributed by atoms with Crippen molar-refractivity contribution in [2.75, 3.05) is 26.2 Å². The highest BCUT2D eigenvalue weighted by molar-refractivity contribution is 5.85. The number of nitrogens with one attached hydrogen (secondary N) is 1. The Morgan fingerprint density at radius 3 is 2.27 bits per heavy atom. The minimum atomic E-state index is 0. The number of benzene rings is 2. The van der Waals surface area contributed by atoms with Gasteiger partial charge in [-0.05, 0) is 23.3 Å². The smallest absolute Gasteiger partial charge is 0.119 e. The van der Waals surface area contributed by atoms with Gasteiger partial charge in [-0.1, -0.05) is 42.5 Å². The van der Waals surface area contributed by atoms with Gasteiger partial charge in [-0.25, -0.2) is 0 Å². The van der Waals surface area contributed by atoms with Crippen LogP contribution in [0.25, 0.3) is 0 Å². The van der Waals surface area contributed by atoms with Gasteiger partial charge < -0.3 is 10.1 Å². The van der Waals surface area contributed by atoms with E-state index >= 15 is 0 Å². The molecule has 1 N–H and O–H groups in total. The van der Waals surface area contributed by atoms with Crippen molar-refractivity contribution < 1.29 is 4.74 Å². The Bertz CT molecular complexity index is 668. The van der Waals surface area contributed by atoms with Crippen LogP contribution in [0, 0.1) is 11.3 Å². The van der Waals surface area contributed by atoms with Gasteiger partial charge in [0.1, 0.15) is 12.4 Å². The summed E-state index contributed by atoms with van der Waals surface area (Å²) < 4.78 is 5.84. The lowest BCUT2D eigenvalue weighted by molar-refractivity contribution is 0.175. The molecule has 0 amide bonds. The SMILES string of the molecule is Cl.Cl.N#CC[C@H](c1ccc(OCc2ccccc2)cc1)N1CCNCC1. The Kier molecular flexibility index (Phi) is 10.1. The van der Waals surface area contributed by atoms with E-state index in [1.165, 1.54) is 5.56 Å². The van der Waals surface area contributed by atoms with Crippen LogP contribution < -0.4 is 10.1 Å². The molecule has 4 nitrogen and oxygen atoms in total. The molecule has 1 atom stereocenters. The highest BCUT2D eigenvalue weighted by Crippen LogP contribution is 2.26. The summed E-state index contributed by atoms with van der Waals surface area (Å²) in [5.74, 6) is 0.860. The molecular weight excluding hydrogens is 369 g/mol. The van der Waals surface area contributed by atoms with Crippen LogP contribution in [0.2, 0.25) is 0 Å². The second-order valence-electron chi connectivity index (χ2n) is 6.01. The molecule has 0 unspecified atom stereocenters. The second kappa shape index (κ2) is 11.8. The third-order valence-electron chi connectivity index (χ3n) is 4.39. The summed E-state index contributed by atoms with van der Waals surface area (Å²) in [7, 11) is 0. The van der Waals surface area contributed by atoms with Gasteiger partial charge in [-0.2, -0.15) is 5.26 Å². The quantitative estimate of drug-likeness (QED) is 0.806. The Hall–Kier alpha value is -1.77. The molecule has 0 aromatic heterocycles. The lowest BCUT2D eigenvalue weighted by atomic mass is 10.0. The fraction of sp³-hybridized carbons (Fsp3) is 0.350. The first-order chi connectivity index (χ1) is 11.9. The highest BCUT2D eigenvalue weighted by Gasteiger charge is 2.21. The van der Waals surface area contributed by atoms with Crippen molar-refractivity contribution in [1.82, 2.24) is 10.2 Å². The minimum Gasteiger partial charge on any atom is -0.489 e. The van der Waals surface area contributed by atoms with Crippen LogP contribution in [-0.4, -0.2) is 31.1 Å². The van der Waals surface area contributed by atoms with Crippen LogP contribution >= 0.6 is 24.8 Å². The topological polar surface area (TPSA) is 48.3 Å². The molecular formula is C20H25Cl2N3O. The van der Waals surface area contributed by atoms with Gasteiger partial charge in [0.15, 0.2) is 0 Å². The Morgan fingerprint density at radius 2 is 1.65 bits per heavy atom. The number of nitrogens with zero attached hydrogens (tertiary/aromatic N) is 2. The maximum Gasteiger partial charge on any atom is 0.119 e. The summed E-state index contributed by atoms with van der Waals surface area (Å²) in [5.41, 5.74) is 2.34. The van der Waals surface area contributed by atoms with E-state index in [0.29, 0.717) is 13.0 Å². The van der Waals surface area contributed by atoms with Crippen molar-refractivity contribution in [3.8, 4) is 11.8 Å². The lowest BCUT2D eigenvalue weighted by Crippen LogP contribution is -2.45. The summed E-state index contributed by atoms with van der Waals surface area (Å²) in [5, 5.41) is 12.5. The zero-order chi connectivity index (χ0) is 16.6. The number of hydrogen-bond donors (Lipinski definition) is 1. The fourth-order valence-corrected chi connectivity index (χ4v) is 3.07. The molecule has 2 aromatic rings. The molecule has 0 spiro atoms. The maximum absolute atomic E-state index is 9.18. The average molecular weight is 394 g/mol. The van der Waals surface area contributed by atoms with Gasteiger partial charge >= 0.3 is 0 Å². The minimum absolute atomic E-state index is 0. The first kappa shape index (κ1) is 22.3. The number of piperazine rings is 1. The Morgan fingerprint density at radius 1 is 1.00 bits per heavy atom. The Balaban J connectivity index is 0.00000169. The molecule has 1 saturated heterocycles. The molecule has 26 heavy (non-hydrogen) atoms. The third-order valence-corrected chi connectivity index (χ3v) is 4.39. The van der Waals surface area contributed by atoms with E-state index in [1.807, 2.05) is 30.3 Å². The summed E-state index contributed by atoms with van der Waals surface area (Å²) in [4.78, 5) is 2.39. The predicted molar refractivity (Wildman–Crippen MR) is 109 cm³/mol. The molecule has 6 heteroatoms. The van der Waals surface area contributed by atoms with E-state index < -0.39 is 0 Å². The lowest BCUT2D eigenvalue weighted by Gasteiger charge is -2.34. The number of nitriles is 1. The third kappa shape index (κ3) is 6.19. The first-order valence-electron chi connectivity index (χ1n) is 8.45. The molecule has 0 bridgehead atoms. The molecule has 140 valence electrons. The zero-order valence-electron chi connectivity index (χ0n) is 14.6. The summed E-state index contributed by atoms with van der Waals surface area (Å²) in [6.45, 7) is 4.51. The van der Waals surface area contributed by atoms with Crippen LogP contribution in [0.5, 0.6) is 5.75 Å². The molecule has 0 aliphatic carbocycles. The largest absolute Gasteiger partial charge is 0.489 e. The molecule has 1 aliphatic rings. The van der Waals surface area contributed by atoms with Gasteiger partial charge in [0.25, 0.3) is 0 Å². The van der Waals surface area contributed by atoms with Gasteiger partial charge in [0.2, 0.25) is 0 Å². The van der Waals surface area contributed by atoms with E-state index in [-0.39, 0.29) is 30.9 Å². The average Bonchev–Trinajstić information content (AvgIpc) is 2.66. The normalized spacial score (nSPS) is 15.0. The van der Waals surface area contributed by atoms with Crippen LogP contribution in [0.15, 0.2) is 54.6 Å². The second-order valence-corrected chi connectivity index (χ2v) is 6.01. The first-order valence-corrected chi connectivity index (χ1v) is 8.45. The molecule has 0 radical (unpaired) electrons.